The fourth-order valence-electron chi connectivity index (χ4n) is 3.63. The summed E-state index contributed by atoms with van der Waals surface area (Å²) in [7, 11) is 0. The zero-order valence-electron chi connectivity index (χ0n) is 20.3. The van der Waals surface area contributed by atoms with E-state index in [1.54, 1.807) is 25.1 Å². The maximum atomic E-state index is 13.8. The highest BCUT2D eigenvalue weighted by Gasteiger charge is 2.37. The number of amides is 5. The average Bonchev–Trinajstić information content (AvgIpc) is 2.87. The van der Waals surface area contributed by atoms with Crippen molar-refractivity contribution in [1.29, 1.82) is 0 Å². The summed E-state index contributed by atoms with van der Waals surface area (Å²) in [6.45, 7) is 1.40. The highest BCUT2D eigenvalue weighted by molar-refractivity contribution is 6.39. The third-order valence-electron chi connectivity index (χ3n) is 5.31. The van der Waals surface area contributed by atoms with Crippen LogP contribution in [-0.4, -0.2) is 37.0 Å². The molecule has 0 aliphatic carbocycles. The lowest BCUT2D eigenvalue weighted by atomic mass is 10.1. The highest BCUT2D eigenvalue weighted by atomic mass is 35.5. The topological polar surface area (TPSA) is 114 Å². The van der Waals surface area contributed by atoms with Crippen molar-refractivity contribution in [3.05, 3.63) is 87.7 Å². The quantitative estimate of drug-likeness (QED) is 0.283. The Labute approximate surface area is 232 Å². The van der Waals surface area contributed by atoms with Crippen LogP contribution in [0.25, 0.3) is 6.08 Å². The number of nitrogens with one attached hydrogen (secondary N) is 2. The van der Waals surface area contributed by atoms with Crippen molar-refractivity contribution >= 4 is 64.4 Å². The molecule has 39 heavy (non-hydrogen) atoms. The number of hydrogen-bond acceptors (Lipinski definition) is 6. The number of barbiturate groups is 1. The molecule has 0 saturated carbocycles. The van der Waals surface area contributed by atoms with Crippen LogP contribution in [0.15, 0.2) is 66.2 Å². The minimum Gasteiger partial charge on any atom is -0.490 e. The number of anilines is 2. The van der Waals surface area contributed by atoms with E-state index in [0.29, 0.717) is 5.02 Å². The lowest BCUT2D eigenvalue weighted by molar-refractivity contribution is -0.122. The van der Waals surface area contributed by atoms with Crippen LogP contribution >= 0.6 is 23.2 Å². The molecule has 1 aliphatic rings. The Morgan fingerprint density at radius 1 is 1.05 bits per heavy atom. The van der Waals surface area contributed by atoms with Crippen LogP contribution in [0, 0.1) is 5.82 Å². The summed E-state index contributed by atoms with van der Waals surface area (Å²) >= 11 is 12.4. The summed E-state index contributed by atoms with van der Waals surface area (Å²) in [4.78, 5) is 51.2. The van der Waals surface area contributed by atoms with E-state index >= 15 is 0 Å². The average molecular weight is 572 g/mol. The Morgan fingerprint density at radius 2 is 1.82 bits per heavy atom. The maximum absolute atomic E-state index is 13.8. The minimum atomic E-state index is -0.921. The first-order chi connectivity index (χ1) is 18.7. The van der Waals surface area contributed by atoms with E-state index < -0.39 is 36.2 Å². The fraction of sp³-hybridized carbons (Fsp3) is 0.111. The molecule has 0 spiro atoms. The first kappa shape index (κ1) is 27.6. The molecule has 4 rings (SSSR count). The molecule has 5 amide bonds. The third kappa shape index (κ3) is 6.36. The number of imide groups is 2. The number of halogens is 3. The van der Waals surface area contributed by atoms with E-state index in [0.717, 1.165) is 4.90 Å². The molecule has 200 valence electrons. The van der Waals surface area contributed by atoms with Gasteiger partial charge in [-0.05, 0) is 61.0 Å². The van der Waals surface area contributed by atoms with E-state index in [4.69, 9.17) is 32.7 Å². The number of rotatable bonds is 8. The van der Waals surface area contributed by atoms with Crippen molar-refractivity contribution in [3.63, 3.8) is 0 Å². The lowest BCUT2D eigenvalue weighted by Gasteiger charge is -2.26. The summed E-state index contributed by atoms with van der Waals surface area (Å²) in [5, 5.41) is 4.83. The van der Waals surface area contributed by atoms with Crippen LogP contribution in [0.4, 0.5) is 20.6 Å². The van der Waals surface area contributed by atoms with Gasteiger partial charge in [0.2, 0.25) is 0 Å². The Hall–Kier alpha value is -4.41. The summed E-state index contributed by atoms with van der Waals surface area (Å²) in [6.07, 6.45) is 1.24. The van der Waals surface area contributed by atoms with E-state index in [1.165, 1.54) is 48.5 Å². The van der Waals surface area contributed by atoms with E-state index in [1.807, 2.05) is 0 Å². The maximum Gasteiger partial charge on any atom is 0.335 e. The van der Waals surface area contributed by atoms with Crippen LogP contribution in [0.3, 0.4) is 0 Å². The van der Waals surface area contributed by atoms with E-state index in [-0.39, 0.29) is 45.6 Å². The van der Waals surface area contributed by atoms with Gasteiger partial charge in [-0.3, -0.25) is 19.7 Å². The fourth-order valence-corrected chi connectivity index (χ4v) is 4.09. The molecule has 3 aromatic rings. The van der Waals surface area contributed by atoms with Crippen LogP contribution in [0.2, 0.25) is 10.0 Å². The van der Waals surface area contributed by atoms with Crippen molar-refractivity contribution in [2.75, 3.05) is 23.4 Å². The Bertz CT molecular complexity index is 1510. The molecule has 1 saturated heterocycles. The van der Waals surface area contributed by atoms with Crippen molar-refractivity contribution in [1.82, 2.24) is 5.32 Å². The monoisotopic (exact) mass is 571 g/mol. The largest absolute Gasteiger partial charge is 0.490 e. The minimum absolute atomic E-state index is 0.00933. The van der Waals surface area contributed by atoms with Gasteiger partial charge in [0.15, 0.2) is 18.1 Å². The van der Waals surface area contributed by atoms with Gasteiger partial charge in [0.1, 0.15) is 11.4 Å². The molecule has 0 radical (unpaired) electrons. The second-order valence-electron chi connectivity index (χ2n) is 8.02. The van der Waals surface area contributed by atoms with Crippen molar-refractivity contribution in [3.8, 4) is 11.5 Å². The molecular weight excluding hydrogens is 552 g/mol. The molecule has 0 unspecified atom stereocenters. The summed E-state index contributed by atoms with van der Waals surface area (Å²) in [5.41, 5.74) is 0.107. The number of nitrogens with zero attached hydrogens (tertiary/aromatic N) is 1. The first-order valence-corrected chi connectivity index (χ1v) is 12.2. The van der Waals surface area contributed by atoms with Crippen molar-refractivity contribution in [2.45, 2.75) is 6.92 Å². The molecule has 0 bridgehead atoms. The predicted molar refractivity (Wildman–Crippen MR) is 144 cm³/mol. The first-order valence-electron chi connectivity index (χ1n) is 11.5. The Kier molecular flexibility index (Phi) is 8.48. The van der Waals surface area contributed by atoms with Gasteiger partial charge in [-0.2, -0.15) is 0 Å². The molecular formula is C27H20Cl2FN3O6. The van der Waals surface area contributed by atoms with Gasteiger partial charge >= 0.3 is 6.03 Å². The third-order valence-corrected chi connectivity index (χ3v) is 5.82. The molecule has 1 fully saturated rings. The standard InChI is InChI=1S/C27H20Cl2FN3O6/c1-2-38-22-12-15(11-19(29)24(22)39-14-23(34)31-21-9-4-3-8-20(21)30)10-18-25(35)32-27(37)33(26(18)36)17-7-5-6-16(28)13-17/h3-13H,2,14H2,1H3,(H,31,34)(H,32,35,37)/b18-10+. The number of ether oxygens (including phenoxy) is 2. The SMILES string of the molecule is CCOc1cc(/C=C2\C(=O)NC(=O)N(c3cccc(Cl)c3)C2=O)cc(Cl)c1OCC(=O)Nc1ccccc1F. The summed E-state index contributed by atoms with van der Waals surface area (Å²) in [5.74, 6) is -2.86. The smallest absolute Gasteiger partial charge is 0.335 e. The zero-order valence-corrected chi connectivity index (χ0v) is 21.8. The number of carbonyl (C=O) groups excluding carboxylic acids is 4. The zero-order chi connectivity index (χ0) is 28.1. The van der Waals surface area contributed by atoms with Gasteiger partial charge in [-0.1, -0.05) is 41.4 Å². The number of benzene rings is 3. The van der Waals surface area contributed by atoms with Gasteiger partial charge in [-0.25, -0.2) is 14.1 Å². The van der Waals surface area contributed by atoms with Gasteiger partial charge in [0, 0.05) is 5.02 Å². The van der Waals surface area contributed by atoms with Crippen molar-refractivity contribution in [2.24, 2.45) is 0 Å². The molecule has 1 aliphatic heterocycles. The van der Waals surface area contributed by atoms with Crippen LogP contribution < -0.4 is 25.0 Å². The number of hydrogen-bond donors (Lipinski definition) is 2. The summed E-state index contributed by atoms with van der Waals surface area (Å²) in [6, 6.07) is 13.6. The molecule has 9 nitrogen and oxygen atoms in total. The van der Waals surface area contributed by atoms with Crippen LogP contribution in [0.1, 0.15) is 12.5 Å². The van der Waals surface area contributed by atoms with E-state index in [2.05, 4.69) is 10.6 Å². The van der Waals surface area contributed by atoms with Gasteiger partial charge < -0.3 is 14.8 Å². The van der Waals surface area contributed by atoms with Gasteiger partial charge in [-0.15, -0.1) is 0 Å². The predicted octanol–water partition coefficient (Wildman–Crippen LogP) is 5.22. The lowest BCUT2D eigenvalue weighted by Crippen LogP contribution is -2.54. The summed E-state index contributed by atoms with van der Waals surface area (Å²) < 4.78 is 25.0. The molecule has 3 aromatic carbocycles. The Morgan fingerprint density at radius 3 is 2.54 bits per heavy atom. The number of carbonyl (C=O) groups is 4. The number of urea groups is 1. The second-order valence-corrected chi connectivity index (χ2v) is 8.86. The van der Waals surface area contributed by atoms with Gasteiger partial charge in [0.25, 0.3) is 17.7 Å². The van der Waals surface area contributed by atoms with Crippen LogP contribution in [0.5, 0.6) is 11.5 Å². The number of para-hydroxylation sites is 1. The van der Waals surface area contributed by atoms with Gasteiger partial charge in [0.05, 0.1) is 23.0 Å². The molecule has 1 heterocycles. The normalized spacial score (nSPS) is 14.3. The molecule has 2 N–H and O–H groups in total. The molecule has 0 atom stereocenters. The Balaban J connectivity index is 1.59. The van der Waals surface area contributed by atoms with E-state index in [9.17, 15) is 23.6 Å². The van der Waals surface area contributed by atoms with Crippen molar-refractivity contribution < 1.29 is 33.0 Å². The second kappa shape index (κ2) is 12.0. The van der Waals surface area contributed by atoms with Crippen LogP contribution in [-0.2, 0) is 14.4 Å². The molecule has 12 heteroatoms. The molecule has 0 aromatic heterocycles. The highest BCUT2D eigenvalue weighted by Crippen LogP contribution is 2.37.